The van der Waals surface area contributed by atoms with Gasteiger partial charge in [0.05, 0.1) is 6.10 Å². The fourth-order valence-electron chi connectivity index (χ4n) is 2.33. The van der Waals surface area contributed by atoms with Crippen LogP contribution in [0.2, 0.25) is 0 Å². The molecule has 0 bridgehead atoms. The van der Waals surface area contributed by atoms with E-state index in [-0.39, 0.29) is 5.41 Å². The lowest BCUT2D eigenvalue weighted by Crippen LogP contribution is -2.19. The average molecular weight is 247 g/mol. The molecule has 0 aliphatic carbocycles. The van der Waals surface area contributed by atoms with E-state index in [0.29, 0.717) is 6.10 Å². The minimum atomic E-state index is 0.213. The summed E-state index contributed by atoms with van der Waals surface area (Å²) in [5.74, 6) is 1.01. The van der Waals surface area contributed by atoms with E-state index in [1.165, 1.54) is 12.0 Å². The standard InChI is InChI=1S/C16H25NO/c1-16(2,3)13-6-8-15(9-7-13)18-14-5-4-11-17-12-10-14/h6-9,14,17H,4-5,10-12H2,1-3H3. The van der Waals surface area contributed by atoms with E-state index in [1.807, 2.05) is 0 Å². The molecule has 1 aromatic rings. The topological polar surface area (TPSA) is 21.3 Å². The van der Waals surface area contributed by atoms with Gasteiger partial charge in [-0.05, 0) is 55.5 Å². The third-order valence-electron chi connectivity index (χ3n) is 3.55. The van der Waals surface area contributed by atoms with Crippen molar-refractivity contribution in [2.45, 2.75) is 51.6 Å². The van der Waals surface area contributed by atoms with Gasteiger partial charge in [-0.15, -0.1) is 0 Å². The van der Waals surface area contributed by atoms with Crippen LogP contribution in [0.1, 0.15) is 45.6 Å². The van der Waals surface area contributed by atoms with Crippen LogP contribution in [-0.2, 0) is 5.41 Å². The Bertz CT molecular complexity index is 356. The summed E-state index contributed by atoms with van der Waals surface area (Å²) < 4.78 is 6.06. The maximum absolute atomic E-state index is 6.06. The maximum Gasteiger partial charge on any atom is 0.119 e. The first-order valence-corrected chi connectivity index (χ1v) is 7.03. The largest absolute Gasteiger partial charge is 0.490 e. The fourth-order valence-corrected chi connectivity index (χ4v) is 2.33. The first-order valence-electron chi connectivity index (χ1n) is 7.03. The smallest absolute Gasteiger partial charge is 0.119 e. The minimum absolute atomic E-state index is 0.213. The van der Waals surface area contributed by atoms with Crippen LogP contribution in [-0.4, -0.2) is 19.2 Å². The molecule has 1 atom stereocenters. The molecule has 0 aromatic heterocycles. The number of ether oxygens (including phenoxy) is 1. The van der Waals surface area contributed by atoms with Crippen LogP contribution in [0.4, 0.5) is 0 Å². The third-order valence-corrected chi connectivity index (χ3v) is 3.55. The molecular formula is C16H25NO. The van der Waals surface area contributed by atoms with Crippen molar-refractivity contribution >= 4 is 0 Å². The molecule has 1 saturated heterocycles. The van der Waals surface area contributed by atoms with Crippen molar-refractivity contribution < 1.29 is 4.74 Å². The van der Waals surface area contributed by atoms with Crippen LogP contribution < -0.4 is 10.1 Å². The molecule has 2 nitrogen and oxygen atoms in total. The molecule has 0 spiro atoms. The summed E-state index contributed by atoms with van der Waals surface area (Å²) in [4.78, 5) is 0. The zero-order chi connectivity index (χ0) is 13.0. The molecule has 1 heterocycles. The highest BCUT2D eigenvalue weighted by molar-refractivity contribution is 5.31. The van der Waals surface area contributed by atoms with Gasteiger partial charge in [0.1, 0.15) is 5.75 Å². The Kier molecular flexibility index (Phi) is 4.28. The van der Waals surface area contributed by atoms with Crippen molar-refractivity contribution in [1.29, 1.82) is 0 Å². The summed E-state index contributed by atoms with van der Waals surface area (Å²) >= 11 is 0. The summed E-state index contributed by atoms with van der Waals surface area (Å²) in [5.41, 5.74) is 1.57. The van der Waals surface area contributed by atoms with E-state index < -0.39 is 0 Å². The Balaban J connectivity index is 1.97. The second kappa shape index (κ2) is 5.75. The minimum Gasteiger partial charge on any atom is -0.490 e. The van der Waals surface area contributed by atoms with Gasteiger partial charge in [-0.2, -0.15) is 0 Å². The molecule has 0 radical (unpaired) electrons. The van der Waals surface area contributed by atoms with Gasteiger partial charge in [-0.25, -0.2) is 0 Å². The monoisotopic (exact) mass is 247 g/mol. The molecule has 1 N–H and O–H groups in total. The molecule has 1 aliphatic heterocycles. The van der Waals surface area contributed by atoms with E-state index in [2.05, 4.69) is 50.4 Å². The maximum atomic E-state index is 6.06. The Morgan fingerprint density at radius 2 is 1.78 bits per heavy atom. The van der Waals surface area contributed by atoms with Crippen molar-refractivity contribution in [2.75, 3.05) is 13.1 Å². The van der Waals surface area contributed by atoms with Gasteiger partial charge < -0.3 is 10.1 Å². The summed E-state index contributed by atoms with van der Waals surface area (Å²) in [6.07, 6.45) is 3.86. The zero-order valence-electron chi connectivity index (χ0n) is 11.8. The summed E-state index contributed by atoms with van der Waals surface area (Å²) in [5, 5.41) is 3.41. The molecular weight excluding hydrogens is 222 g/mol. The SMILES string of the molecule is CC(C)(C)c1ccc(OC2CCCNCC2)cc1. The van der Waals surface area contributed by atoms with Crippen molar-refractivity contribution in [3.8, 4) is 5.75 Å². The molecule has 1 aromatic carbocycles. The van der Waals surface area contributed by atoms with E-state index in [1.54, 1.807) is 0 Å². The molecule has 2 heteroatoms. The van der Waals surface area contributed by atoms with Crippen molar-refractivity contribution in [3.05, 3.63) is 29.8 Å². The molecule has 0 saturated carbocycles. The summed E-state index contributed by atoms with van der Waals surface area (Å²) in [7, 11) is 0. The average Bonchev–Trinajstić information content (AvgIpc) is 2.57. The predicted molar refractivity (Wildman–Crippen MR) is 76.3 cm³/mol. The van der Waals surface area contributed by atoms with E-state index >= 15 is 0 Å². The second-order valence-corrected chi connectivity index (χ2v) is 6.20. The first-order chi connectivity index (χ1) is 8.55. The van der Waals surface area contributed by atoms with Gasteiger partial charge in [0.2, 0.25) is 0 Å². The lowest BCUT2D eigenvalue weighted by molar-refractivity contribution is 0.187. The molecule has 100 valence electrons. The van der Waals surface area contributed by atoms with E-state index in [0.717, 1.165) is 31.7 Å². The molecule has 0 amide bonds. The van der Waals surface area contributed by atoms with E-state index in [9.17, 15) is 0 Å². The highest BCUT2D eigenvalue weighted by Crippen LogP contribution is 2.25. The van der Waals surface area contributed by atoms with Gasteiger partial charge in [0, 0.05) is 0 Å². The molecule has 2 rings (SSSR count). The lowest BCUT2D eigenvalue weighted by Gasteiger charge is -2.21. The fraction of sp³-hybridized carbons (Fsp3) is 0.625. The number of benzene rings is 1. The van der Waals surface area contributed by atoms with Gasteiger partial charge in [0.15, 0.2) is 0 Å². The number of hydrogen-bond donors (Lipinski definition) is 1. The predicted octanol–water partition coefficient (Wildman–Crippen LogP) is 3.51. The molecule has 1 unspecified atom stereocenters. The highest BCUT2D eigenvalue weighted by Gasteiger charge is 2.15. The Hall–Kier alpha value is -1.02. The zero-order valence-corrected chi connectivity index (χ0v) is 11.8. The first kappa shape index (κ1) is 13.4. The van der Waals surface area contributed by atoms with Crippen LogP contribution in [0, 0.1) is 0 Å². The van der Waals surface area contributed by atoms with Gasteiger partial charge >= 0.3 is 0 Å². The molecule has 1 fully saturated rings. The summed E-state index contributed by atoms with van der Waals surface area (Å²) in [6.45, 7) is 8.91. The third kappa shape index (κ3) is 3.74. The normalized spacial score (nSPS) is 21.4. The Morgan fingerprint density at radius 1 is 1.06 bits per heavy atom. The Morgan fingerprint density at radius 3 is 2.44 bits per heavy atom. The van der Waals surface area contributed by atoms with Crippen molar-refractivity contribution in [1.82, 2.24) is 5.32 Å². The lowest BCUT2D eigenvalue weighted by atomic mass is 9.87. The van der Waals surface area contributed by atoms with Gasteiger partial charge in [-0.1, -0.05) is 32.9 Å². The number of nitrogens with one attached hydrogen (secondary N) is 1. The quantitative estimate of drug-likeness (QED) is 0.863. The molecule has 18 heavy (non-hydrogen) atoms. The molecule has 1 aliphatic rings. The highest BCUT2D eigenvalue weighted by atomic mass is 16.5. The number of hydrogen-bond acceptors (Lipinski definition) is 2. The van der Waals surface area contributed by atoms with Crippen LogP contribution >= 0.6 is 0 Å². The van der Waals surface area contributed by atoms with Gasteiger partial charge in [0.25, 0.3) is 0 Å². The van der Waals surface area contributed by atoms with E-state index in [4.69, 9.17) is 4.74 Å². The van der Waals surface area contributed by atoms with Crippen molar-refractivity contribution in [3.63, 3.8) is 0 Å². The van der Waals surface area contributed by atoms with Crippen LogP contribution in [0.15, 0.2) is 24.3 Å². The Labute approximate surface area is 111 Å². The van der Waals surface area contributed by atoms with Crippen LogP contribution in [0.25, 0.3) is 0 Å². The van der Waals surface area contributed by atoms with Gasteiger partial charge in [-0.3, -0.25) is 0 Å². The van der Waals surface area contributed by atoms with Crippen LogP contribution in [0.5, 0.6) is 5.75 Å². The summed E-state index contributed by atoms with van der Waals surface area (Å²) in [6, 6.07) is 8.59. The second-order valence-electron chi connectivity index (χ2n) is 6.20. The van der Waals surface area contributed by atoms with Crippen molar-refractivity contribution in [2.24, 2.45) is 0 Å². The number of rotatable bonds is 2. The van der Waals surface area contributed by atoms with Crippen LogP contribution in [0.3, 0.4) is 0 Å².